The molecule has 112 valence electrons. The van der Waals surface area contributed by atoms with E-state index in [4.69, 9.17) is 0 Å². The first-order chi connectivity index (χ1) is 8.97. The molecule has 3 atom stereocenters. The lowest BCUT2D eigenvalue weighted by molar-refractivity contribution is 0.0470. The van der Waals surface area contributed by atoms with E-state index in [1.165, 1.54) is 25.7 Å². The Bertz CT molecular complexity index is 290. The van der Waals surface area contributed by atoms with Crippen LogP contribution in [0.25, 0.3) is 0 Å². The monoisotopic (exact) mass is 268 g/mol. The standard InChI is InChI=1S/C16H32N2O/c1-12(2)17-16(11-19)9-5-6-15(10-16)18(4)13(3)14-7-8-14/h12-15,17,19H,5-11H2,1-4H3. The Labute approximate surface area is 118 Å². The molecular weight excluding hydrogens is 236 g/mol. The van der Waals surface area contributed by atoms with Crippen LogP contribution >= 0.6 is 0 Å². The zero-order valence-electron chi connectivity index (χ0n) is 13.2. The first kappa shape index (κ1) is 15.3. The van der Waals surface area contributed by atoms with Gasteiger partial charge in [-0.05, 0) is 58.4 Å². The molecule has 2 N–H and O–H groups in total. The Hall–Kier alpha value is -0.120. The summed E-state index contributed by atoms with van der Waals surface area (Å²) in [7, 11) is 2.29. The van der Waals surface area contributed by atoms with Crippen molar-refractivity contribution < 1.29 is 5.11 Å². The molecule has 0 aromatic heterocycles. The van der Waals surface area contributed by atoms with E-state index in [-0.39, 0.29) is 12.1 Å². The van der Waals surface area contributed by atoms with Crippen LogP contribution in [-0.2, 0) is 0 Å². The molecule has 2 aliphatic carbocycles. The Kier molecular flexibility index (Phi) is 4.91. The highest BCUT2D eigenvalue weighted by atomic mass is 16.3. The molecule has 0 bridgehead atoms. The van der Waals surface area contributed by atoms with E-state index in [9.17, 15) is 5.11 Å². The Morgan fingerprint density at radius 3 is 2.47 bits per heavy atom. The average molecular weight is 268 g/mol. The third kappa shape index (κ3) is 3.71. The first-order valence-electron chi connectivity index (χ1n) is 8.08. The van der Waals surface area contributed by atoms with Gasteiger partial charge in [-0.3, -0.25) is 0 Å². The minimum absolute atomic E-state index is 0.0470. The molecule has 0 amide bonds. The SMILES string of the molecule is CC(C)NC1(CO)CCCC(N(C)C(C)C2CC2)C1. The number of aliphatic hydroxyl groups is 1. The van der Waals surface area contributed by atoms with E-state index in [2.05, 4.69) is 38.0 Å². The highest BCUT2D eigenvalue weighted by molar-refractivity contribution is 4.98. The summed E-state index contributed by atoms with van der Waals surface area (Å²) in [5, 5.41) is 13.5. The van der Waals surface area contributed by atoms with Crippen molar-refractivity contribution in [3.05, 3.63) is 0 Å². The molecule has 3 heteroatoms. The van der Waals surface area contributed by atoms with E-state index in [1.54, 1.807) is 0 Å². The lowest BCUT2D eigenvalue weighted by atomic mass is 9.78. The quantitative estimate of drug-likeness (QED) is 0.776. The van der Waals surface area contributed by atoms with Crippen molar-refractivity contribution >= 4 is 0 Å². The van der Waals surface area contributed by atoms with Crippen molar-refractivity contribution in [3.8, 4) is 0 Å². The van der Waals surface area contributed by atoms with Crippen LogP contribution in [-0.4, -0.2) is 47.3 Å². The van der Waals surface area contributed by atoms with E-state index in [0.29, 0.717) is 18.1 Å². The molecule has 2 saturated carbocycles. The summed E-state index contributed by atoms with van der Waals surface area (Å²) >= 11 is 0. The van der Waals surface area contributed by atoms with Crippen LogP contribution in [0.4, 0.5) is 0 Å². The van der Waals surface area contributed by atoms with Gasteiger partial charge in [-0.1, -0.05) is 13.8 Å². The van der Waals surface area contributed by atoms with Crippen molar-refractivity contribution in [1.82, 2.24) is 10.2 Å². The van der Waals surface area contributed by atoms with Crippen molar-refractivity contribution in [1.29, 1.82) is 0 Å². The largest absolute Gasteiger partial charge is 0.394 e. The van der Waals surface area contributed by atoms with Crippen molar-refractivity contribution in [2.24, 2.45) is 5.92 Å². The van der Waals surface area contributed by atoms with Crippen LogP contribution in [0.3, 0.4) is 0 Å². The summed E-state index contributed by atoms with van der Waals surface area (Å²) in [6.07, 6.45) is 7.54. The average Bonchev–Trinajstić information content (AvgIpc) is 3.20. The number of hydrogen-bond donors (Lipinski definition) is 2. The summed E-state index contributed by atoms with van der Waals surface area (Å²) in [4.78, 5) is 2.59. The predicted molar refractivity (Wildman–Crippen MR) is 80.3 cm³/mol. The summed E-state index contributed by atoms with van der Waals surface area (Å²) in [5.74, 6) is 0.925. The van der Waals surface area contributed by atoms with Crippen molar-refractivity contribution in [2.75, 3.05) is 13.7 Å². The van der Waals surface area contributed by atoms with Crippen LogP contribution in [0.5, 0.6) is 0 Å². The van der Waals surface area contributed by atoms with Gasteiger partial charge in [0.05, 0.1) is 6.61 Å². The molecule has 3 unspecified atom stereocenters. The molecule has 0 aromatic rings. The molecule has 0 spiro atoms. The van der Waals surface area contributed by atoms with Gasteiger partial charge in [0.25, 0.3) is 0 Å². The lowest BCUT2D eigenvalue weighted by Gasteiger charge is -2.46. The third-order valence-corrected chi connectivity index (χ3v) is 5.24. The number of rotatable bonds is 6. The molecule has 0 aliphatic heterocycles. The fraction of sp³-hybridized carbons (Fsp3) is 1.00. The normalized spacial score (nSPS) is 33.9. The second kappa shape index (κ2) is 6.11. The first-order valence-corrected chi connectivity index (χ1v) is 8.08. The van der Waals surface area contributed by atoms with Gasteiger partial charge in [0.2, 0.25) is 0 Å². The topological polar surface area (TPSA) is 35.5 Å². The van der Waals surface area contributed by atoms with Crippen LogP contribution in [0.15, 0.2) is 0 Å². The molecule has 0 heterocycles. The number of nitrogens with one attached hydrogen (secondary N) is 1. The lowest BCUT2D eigenvalue weighted by Crippen LogP contribution is -2.58. The maximum Gasteiger partial charge on any atom is 0.0613 e. The van der Waals surface area contributed by atoms with E-state index in [0.717, 1.165) is 18.8 Å². The summed E-state index contributed by atoms with van der Waals surface area (Å²) < 4.78 is 0. The maximum absolute atomic E-state index is 9.87. The fourth-order valence-corrected chi connectivity index (χ4v) is 3.86. The minimum Gasteiger partial charge on any atom is -0.394 e. The molecule has 0 aromatic carbocycles. The van der Waals surface area contributed by atoms with Gasteiger partial charge in [0.1, 0.15) is 0 Å². The van der Waals surface area contributed by atoms with Crippen LogP contribution < -0.4 is 5.32 Å². The van der Waals surface area contributed by atoms with Crippen LogP contribution in [0, 0.1) is 5.92 Å². The Morgan fingerprint density at radius 1 is 1.26 bits per heavy atom. The Morgan fingerprint density at radius 2 is 1.95 bits per heavy atom. The van der Waals surface area contributed by atoms with Crippen molar-refractivity contribution in [3.63, 3.8) is 0 Å². The van der Waals surface area contributed by atoms with Gasteiger partial charge in [0, 0.05) is 23.7 Å². The third-order valence-electron chi connectivity index (χ3n) is 5.24. The summed E-state index contributed by atoms with van der Waals surface area (Å²) in [6, 6.07) is 1.78. The van der Waals surface area contributed by atoms with Crippen LogP contribution in [0.2, 0.25) is 0 Å². The molecule has 3 nitrogen and oxygen atoms in total. The second-order valence-electron chi connectivity index (χ2n) is 7.23. The second-order valence-corrected chi connectivity index (χ2v) is 7.23. The zero-order chi connectivity index (χ0) is 14.0. The summed E-state index contributed by atoms with van der Waals surface area (Å²) in [6.45, 7) is 7.01. The molecule has 2 aliphatic rings. The number of aliphatic hydroxyl groups excluding tert-OH is 1. The molecule has 19 heavy (non-hydrogen) atoms. The smallest absolute Gasteiger partial charge is 0.0613 e. The van der Waals surface area contributed by atoms with E-state index >= 15 is 0 Å². The Balaban J connectivity index is 1.98. The summed E-state index contributed by atoms with van der Waals surface area (Å²) in [5.41, 5.74) is -0.0470. The highest BCUT2D eigenvalue weighted by Gasteiger charge is 2.40. The molecule has 0 saturated heterocycles. The van der Waals surface area contributed by atoms with Crippen molar-refractivity contribution in [2.45, 2.75) is 83.0 Å². The predicted octanol–water partition coefficient (Wildman–Crippen LogP) is 2.39. The van der Waals surface area contributed by atoms with Gasteiger partial charge >= 0.3 is 0 Å². The fourth-order valence-electron chi connectivity index (χ4n) is 3.86. The van der Waals surface area contributed by atoms with E-state index in [1.807, 2.05) is 0 Å². The van der Waals surface area contributed by atoms with Gasteiger partial charge in [0.15, 0.2) is 0 Å². The molecule has 0 radical (unpaired) electrons. The van der Waals surface area contributed by atoms with E-state index < -0.39 is 0 Å². The van der Waals surface area contributed by atoms with Gasteiger partial charge in [-0.2, -0.15) is 0 Å². The van der Waals surface area contributed by atoms with Gasteiger partial charge in [-0.15, -0.1) is 0 Å². The van der Waals surface area contributed by atoms with Gasteiger partial charge in [-0.25, -0.2) is 0 Å². The number of nitrogens with zero attached hydrogens (tertiary/aromatic N) is 1. The van der Waals surface area contributed by atoms with Gasteiger partial charge < -0.3 is 15.3 Å². The maximum atomic E-state index is 9.87. The molecule has 2 fully saturated rings. The highest BCUT2D eigenvalue weighted by Crippen LogP contribution is 2.38. The van der Waals surface area contributed by atoms with Crippen LogP contribution in [0.1, 0.15) is 59.3 Å². The number of hydrogen-bond acceptors (Lipinski definition) is 3. The molecular formula is C16H32N2O. The molecule has 2 rings (SSSR count). The zero-order valence-corrected chi connectivity index (χ0v) is 13.2. The minimum atomic E-state index is -0.0470.